The molecule has 0 saturated carbocycles. The Labute approximate surface area is 58.4 Å². The number of rotatable bonds is 2. The van der Waals surface area contributed by atoms with Crippen LogP contribution in [0.4, 0.5) is 0 Å². The lowest BCUT2D eigenvalue weighted by atomic mass is 10.4. The molecule has 0 bridgehead atoms. The van der Waals surface area contributed by atoms with E-state index >= 15 is 0 Å². The summed E-state index contributed by atoms with van der Waals surface area (Å²) in [6.07, 6.45) is 6.71. The average molecular weight is 130 g/mol. The molecule has 0 aliphatic rings. The van der Waals surface area contributed by atoms with Gasteiger partial charge in [-0.15, -0.1) is 0 Å². The van der Waals surface area contributed by atoms with E-state index in [9.17, 15) is 0 Å². The zero-order chi connectivity index (χ0) is 7.54. The summed E-state index contributed by atoms with van der Waals surface area (Å²) in [6.45, 7) is 6.22. The first-order chi connectivity index (χ1) is 4.33. The van der Waals surface area contributed by atoms with E-state index in [1.54, 1.807) is 6.92 Å². The minimum absolute atomic E-state index is 0.250. The predicted molar refractivity (Wildman–Crippen MR) is 42.5 cm³/mol. The lowest BCUT2D eigenvalue weighted by Crippen LogP contribution is -1.57. The molecule has 1 nitrogen and oxygen atoms in total. The van der Waals surface area contributed by atoms with Gasteiger partial charge in [-0.25, -0.2) is 0 Å². The third-order valence-corrected chi connectivity index (χ3v) is 0.638. The number of hydrogen-bond acceptors (Lipinski definition) is 1. The Balaban J connectivity index is 0. The molecule has 0 atom stereocenters. The zero-order valence-corrected chi connectivity index (χ0v) is 6.72. The highest BCUT2D eigenvalue weighted by atomic mass is 16.2. The number of aliphatic hydroxyl groups excluding tert-OH is 1. The standard InChI is InChI=1S/C6H12.C2H6O/c1-3-5-6-4-2;1-2-3/h5-6H,3-4H2,1-2H3;3H,2H2,1H3/b6-5-;. The van der Waals surface area contributed by atoms with Crippen molar-refractivity contribution in [1.29, 1.82) is 0 Å². The Morgan fingerprint density at radius 2 is 1.22 bits per heavy atom. The summed E-state index contributed by atoms with van der Waals surface area (Å²) in [7, 11) is 0. The highest BCUT2D eigenvalue weighted by Gasteiger charge is 1.60. The van der Waals surface area contributed by atoms with Crippen molar-refractivity contribution in [2.24, 2.45) is 0 Å². The summed E-state index contributed by atoms with van der Waals surface area (Å²) >= 11 is 0. The molecule has 56 valence electrons. The van der Waals surface area contributed by atoms with Gasteiger partial charge in [0.1, 0.15) is 0 Å². The van der Waals surface area contributed by atoms with Crippen LogP contribution < -0.4 is 0 Å². The molecule has 0 aromatic carbocycles. The normalized spacial score (nSPS) is 8.89. The molecule has 0 amide bonds. The van der Waals surface area contributed by atoms with Crippen LogP contribution in [-0.4, -0.2) is 11.7 Å². The molecule has 0 unspecified atom stereocenters. The van der Waals surface area contributed by atoms with Crippen molar-refractivity contribution in [3.63, 3.8) is 0 Å². The number of aliphatic hydroxyl groups is 1. The second kappa shape index (κ2) is 15.6. The molecule has 0 heterocycles. The van der Waals surface area contributed by atoms with Gasteiger partial charge >= 0.3 is 0 Å². The second-order valence-corrected chi connectivity index (χ2v) is 1.60. The fourth-order valence-electron chi connectivity index (χ4n) is 0.333. The molecule has 0 aliphatic carbocycles. The summed E-state index contributed by atoms with van der Waals surface area (Å²) < 4.78 is 0. The van der Waals surface area contributed by atoms with E-state index in [1.807, 2.05) is 0 Å². The molecule has 0 rings (SSSR count). The molecule has 0 aliphatic heterocycles. The van der Waals surface area contributed by atoms with Gasteiger partial charge in [0.25, 0.3) is 0 Å². The van der Waals surface area contributed by atoms with Gasteiger partial charge < -0.3 is 5.11 Å². The van der Waals surface area contributed by atoms with E-state index in [2.05, 4.69) is 26.0 Å². The molecule has 0 aromatic heterocycles. The van der Waals surface area contributed by atoms with Crippen molar-refractivity contribution in [3.8, 4) is 0 Å². The van der Waals surface area contributed by atoms with Crippen molar-refractivity contribution in [3.05, 3.63) is 12.2 Å². The summed E-state index contributed by atoms with van der Waals surface area (Å²) in [5, 5.41) is 7.57. The largest absolute Gasteiger partial charge is 0.397 e. The van der Waals surface area contributed by atoms with E-state index in [0.717, 1.165) is 0 Å². The van der Waals surface area contributed by atoms with Crippen LogP contribution in [0.25, 0.3) is 0 Å². The molecule has 0 aromatic rings. The molecular weight excluding hydrogens is 112 g/mol. The third kappa shape index (κ3) is 34.3. The first kappa shape index (κ1) is 11.5. The first-order valence-electron chi connectivity index (χ1n) is 3.59. The Bertz CT molecular complexity index is 42.5. The van der Waals surface area contributed by atoms with Crippen molar-refractivity contribution < 1.29 is 5.11 Å². The van der Waals surface area contributed by atoms with Crippen LogP contribution in [0, 0.1) is 0 Å². The van der Waals surface area contributed by atoms with Crippen LogP contribution in [0.5, 0.6) is 0 Å². The summed E-state index contributed by atoms with van der Waals surface area (Å²) in [5.74, 6) is 0. The maximum absolute atomic E-state index is 7.57. The van der Waals surface area contributed by atoms with Crippen LogP contribution in [0.1, 0.15) is 33.6 Å². The van der Waals surface area contributed by atoms with Crippen LogP contribution in [0.2, 0.25) is 0 Å². The summed E-state index contributed by atoms with van der Waals surface area (Å²) in [6, 6.07) is 0. The SMILES string of the molecule is CC/C=C\CC.CCO. The molecule has 0 radical (unpaired) electrons. The topological polar surface area (TPSA) is 20.2 Å². The van der Waals surface area contributed by atoms with Crippen LogP contribution in [0.3, 0.4) is 0 Å². The molecule has 0 saturated heterocycles. The zero-order valence-electron chi connectivity index (χ0n) is 6.72. The van der Waals surface area contributed by atoms with Crippen LogP contribution in [0.15, 0.2) is 12.2 Å². The lowest BCUT2D eigenvalue weighted by Gasteiger charge is -1.72. The van der Waals surface area contributed by atoms with Gasteiger partial charge in [0.2, 0.25) is 0 Å². The van der Waals surface area contributed by atoms with E-state index in [1.165, 1.54) is 12.8 Å². The van der Waals surface area contributed by atoms with Crippen LogP contribution in [-0.2, 0) is 0 Å². The summed E-state index contributed by atoms with van der Waals surface area (Å²) in [5.41, 5.74) is 0. The monoisotopic (exact) mass is 130 g/mol. The highest BCUT2D eigenvalue weighted by Crippen LogP contribution is 1.81. The average Bonchev–Trinajstić information content (AvgIpc) is 1.86. The maximum atomic E-state index is 7.57. The van der Waals surface area contributed by atoms with Gasteiger partial charge in [-0.3, -0.25) is 0 Å². The minimum Gasteiger partial charge on any atom is -0.397 e. The van der Waals surface area contributed by atoms with E-state index in [0.29, 0.717) is 0 Å². The maximum Gasteiger partial charge on any atom is 0.0402 e. The third-order valence-electron chi connectivity index (χ3n) is 0.638. The quantitative estimate of drug-likeness (QED) is 0.569. The van der Waals surface area contributed by atoms with Crippen LogP contribution >= 0.6 is 0 Å². The van der Waals surface area contributed by atoms with Crippen molar-refractivity contribution in [2.45, 2.75) is 33.6 Å². The molecule has 9 heavy (non-hydrogen) atoms. The van der Waals surface area contributed by atoms with Crippen molar-refractivity contribution in [1.82, 2.24) is 0 Å². The van der Waals surface area contributed by atoms with E-state index in [-0.39, 0.29) is 6.61 Å². The first-order valence-corrected chi connectivity index (χ1v) is 3.59. The van der Waals surface area contributed by atoms with Gasteiger partial charge in [0, 0.05) is 6.61 Å². The molecule has 1 N–H and O–H groups in total. The fourth-order valence-corrected chi connectivity index (χ4v) is 0.333. The van der Waals surface area contributed by atoms with Gasteiger partial charge in [-0.1, -0.05) is 26.0 Å². The lowest BCUT2D eigenvalue weighted by molar-refractivity contribution is 0.318. The Morgan fingerprint density at radius 1 is 1.00 bits per heavy atom. The molecular formula is C8H18O. The molecule has 0 fully saturated rings. The summed E-state index contributed by atoms with van der Waals surface area (Å²) in [4.78, 5) is 0. The molecule has 0 spiro atoms. The Hall–Kier alpha value is -0.300. The fraction of sp³-hybridized carbons (Fsp3) is 0.750. The smallest absolute Gasteiger partial charge is 0.0402 e. The van der Waals surface area contributed by atoms with Gasteiger partial charge in [-0.2, -0.15) is 0 Å². The number of allylic oxidation sites excluding steroid dienone is 2. The van der Waals surface area contributed by atoms with Gasteiger partial charge in [0.15, 0.2) is 0 Å². The Morgan fingerprint density at radius 3 is 1.33 bits per heavy atom. The van der Waals surface area contributed by atoms with Crippen molar-refractivity contribution >= 4 is 0 Å². The Kier molecular flexibility index (Phi) is 20.0. The van der Waals surface area contributed by atoms with E-state index in [4.69, 9.17) is 5.11 Å². The number of hydrogen-bond donors (Lipinski definition) is 1. The van der Waals surface area contributed by atoms with Gasteiger partial charge in [-0.05, 0) is 19.8 Å². The van der Waals surface area contributed by atoms with E-state index < -0.39 is 0 Å². The molecule has 1 heteroatoms. The van der Waals surface area contributed by atoms with Gasteiger partial charge in [0.05, 0.1) is 0 Å². The highest BCUT2D eigenvalue weighted by molar-refractivity contribution is 4.77. The predicted octanol–water partition coefficient (Wildman–Crippen LogP) is 2.36. The second-order valence-electron chi connectivity index (χ2n) is 1.60. The minimum atomic E-state index is 0.250. The van der Waals surface area contributed by atoms with Crippen molar-refractivity contribution in [2.75, 3.05) is 6.61 Å².